The number of ether oxygens (including phenoxy) is 1. The number of carboxylic acids is 2. The van der Waals surface area contributed by atoms with E-state index in [2.05, 4.69) is 0 Å². The van der Waals surface area contributed by atoms with Crippen LogP contribution in [0.2, 0.25) is 0 Å². The third-order valence-electron chi connectivity index (χ3n) is 2.69. The van der Waals surface area contributed by atoms with Crippen molar-refractivity contribution in [3.05, 3.63) is 23.8 Å². The Morgan fingerprint density at radius 1 is 1.17 bits per heavy atom. The highest BCUT2D eigenvalue weighted by atomic mass is 16.5. The number of rotatable bonds is 5. The molecule has 0 fully saturated rings. The normalized spacial score (nSPS) is 14.7. The molecule has 0 aliphatic carbocycles. The first-order valence-corrected chi connectivity index (χ1v) is 7.51. The highest BCUT2D eigenvalue weighted by Crippen LogP contribution is 2.28. The maximum Gasteiger partial charge on any atom is 0.492 e. The Balaban J connectivity index is 0.00000112. The Bertz CT molecular complexity index is 519. The second-order valence-corrected chi connectivity index (χ2v) is 4.05. The highest BCUT2D eigenvalue weighted by Gasteiger charge is 2.36. The molecular formula is C15H23BO7. The molecule has 0 spiro atoms. The van der Waals surface area contributed by atoms with Crippen molar-refractivity contribution < 1.29 is 34.2 Å². The van der Waals surface area contributed by atoms with Crippen LogP contribution in [0.5, 0.6) is 5.75 Å². The minimum absolute atomic E-state index is 0.251. The van der Waals surface area contributed by atoms with Gasteiger partial charge in [-0.05, 0) is 23.2 Å². The Kier molecular flexibility index (Phi) is 9.68. The van der Waals surface area contributed by atoms with Crippen LogP contribution in [-0.4, -0.2) is 40.9 Å². The topological polar surface area (TPSA) is 113 Å². The zero-order valence-corrected chi connectivity index (χ0v) is 13.8. The van der Waals surface area contributed by atoms with Gasteiger partial charge in [0.2, 0.25) is 0 Å². The zero-order chi connectivity index (χ0) is 18.0. The fourth-order valence-corrected chi connectivity index (χ4v) is 1.91. The molecule has 128 valence electrons. The molecule has 0 bridgehead atoms. The van der Waals surface area contributed by atoms with Gasteiger partial charge < -0.3 is 24.6 Å². The van der Waals surface area contributed by atoms with E-state index in [1.165, 1.54) is 12.1 Å². The Hall–Kier alpha value is -2.06. The molecule has 0 saturated heterocycles. The summed E-state index contributed by atoms with van der Waals surface area (Å²) >= 11 is 0. The van der Waals surface area contributed by atoms with E-state index in [0.717, 1.165) is 0 Å². The number of carbonyl (C=O) groups is 2. The average Bonchev–Trinajstić information content (AvgIpc) is 2.84. The number of fused-ring (bicyclic) bond motifs is 1. The largest absolute Gasteiger partial charge is 0.492 e. The quantitative estimate of drug-likeness (QED) is 0.702. The van der Waals surface area contributed by atoms with Crippen LogP contribution in [0.1, 0.15) is 45.8 Å². The molecule has 0 saturated carbocycles. The Morgan fingerprint density at radius 3 is 2.30 bits per heavy atom. The molecule has 0 amide bonds. The number of hydrogen-bond donors (Lipinski definition) is 3. The van der Waals surface area contributed by atoms with Crippen molar-refractivity contribution in [2.45, 2.75) is 40.2 Å². The molecule has 8 heteroatoms. The summed E-state index contributed by atoms with van der Waals surface area (Å²) in [6.07, 6.45) is -0.963. The van der Waals surface area contributed by atoms with Gasteiger partial charge in [-0.25, -0.2) is 4.79 Å². The summed E-state index contributed by atoms with van der Waals surface area (Å²) in [5.41, 5.74) is 0.965. The third kappa shape index (κ3) is 6.29. The molecule has 1 unspecified atom stereocenters. The predicted octanol–water partition coefficient (Wildman–Crippen LogP) is 1.44. The van der Waals surface area contributed by atoms with E-state index in [0.29, 0.717) is 11.0 Å². The monoisotopic (exact) mass is 326 g/mol. The zero-order valence-electron chi connectivity index (χ0n) is 13.8. The lowest BCUT2D eigenvalue weighted by Gasteiger charge is -2.09. The SMILES string of the molecule is CC.CC.O=C(O)COc1ccc2c(c1)B(O)OC2CC(=O)O. The minimum Gasteiger partial charge on any atom is -0.482 e. The van der Waals surface area contributed by atoms with Gasteiger partial charge in [0.25, 0.3) is 0 Å². The number of hydrogen-bond acceptors (Lipinski definition) is 5. The van der Waals surface area contributed by atoms with Crippen LogP contribution in [0.25, 0.3) is 0 Å². The van der Waals surface area contributed by atoms with Gasteiger partial charge in [0.1, 0.15) is 5.75 Å². The summed E-state index contributed by atoms with van der Waals surface area (Å²) in [6, 6.07) is 4.53. The van der Waals surface area contributed by atoms with E-state index >= 15 is 0 Å². The molecule has 1 aliphatic rings. The molecule has 1 atom stereocenters. The molecule has 1 aromatic rings. The van der Waals surface area contributed by atoms with E-state index in [-0.39, 0.29) is 12.2 Å². The average molecular weight is 326 g/mol. The van der Waals surface area contributed by atoms with Gasteiger partial charge in [-0.1, -0.05) is 33.8 Å². The standard InChI is InChI=1S/C11H11BO7.2C2H6/c13-10(14)4-9-7-2-1-6(18-5-11(15)16)3-8(7)12(17)19-9;2*1-2/h1-3,9,17H,4-5H2,(H,13,14)(H,15,16);2*1-2H3. The molecule has 0 aromatic heterocycles. The van der Waals surface area contributed by atoms with Gasteiger partial charge in [-0.3, -0.25) is 4.79 Å². The number of benzene rings is 1. The van der Waals surface area contributed by atoms with Crippen molar-refractivity contribution in [2.24, 2.45) is 0 Å². The van der Waals surface area contributed by atoms with Crippen molar-refractivity contribution >= 4 is 24.5 Å². The molecule has 23 heavy (non-hydrogen) atoms. The van der Waals surface area contributed by atoms with Crippen LogP contribution in [0.3, 0.4) is 0 Å². The van der Waals surface area contributed by atoms with Crippen LogP contribution < -0.4 is 10.2 Å². The van der Waals surface area contributed by atoms with E-state index < -0.39 is 31.8 Å². The van der Waals surface area contributed by atoms with Crippen LogP contribution in [0.15, 0.2) is 18.2 Å². The molecule has 7 nitrogen and oxygen atoms in total. The van der Waals surface area contributed by atoms with E-state index in [9.17, 15) is 14.6 Å². The van der Waals surface area contributed by atoms with E-state index in [4.69, 9.17) is 19.6 Å². The van der Waals surface area contributed by atoms with Gasteiger partial charge >= 0.3 is 19.1 Å². The van der Waals surface area contributed by atoms with Crippen LogP contribution >= 0.6 is 0 Å². The first-order valence-electron chi connectivity index (χ1n) is 7.51. The van der Waals surface area contributed by atoms with Crippen molar-refractivity contribution in [2.75, 3.05) is 6.61 Å². The van der Waals surface area contributed by atoms with Crippen LogP contribution in [-0.2, 0) is 14.2 Å². The summed E-state index contributed by atoms with van der Waals surface area (Å²) < 4.78 is 10.1. The summed E-state index contributed by atoms with van der Waals surface area (Å²) in [5.74, 6) is -1.86. The molecule has 0 radical (unpaired) electrons. The summed E-state index contributed by atoms with van der Waals surface area (Å²) in [7, 11) is -1.23. The first-order chi connectivity index (χ1) is 11.0. The number of aliphatic carboxylic acids is 2. The predicted molar refractivity (Wildman–Crippen MR) is 86.0 cm³/mol. The second kappa shape index (κ2) is 10.6. The minimum atomic E-state index is -1.23. The maximum atomic E-state index is 10.7. The third-order valence-corrected chi connectivity index (χ3v) is 2.69. The lowest BCUT2D eigenvalue weighted by molar-refractivity contribution is -0.140. The lowest BCUT2D eigenvalue weighted by atomic mass is 9.79. The molecule has 1 heterocycles. The summed E-state index contributed by atoms with van der Waals surface area (Å²) in [4.78, 5) is 21.0. The van der Waals surface area contributed by atoms with Gasteiger partial charge in [0.15, 0.2) is 6.61 Å². The van der Waals surface area contributed by atoms with Crippen LogP contribution in [0, 0.1) is 0 Å². The van der Waals surface area contributed by atoms with E-state index in [1.807, 2.05) is 27.7 Å². The lowest BCUT2D eigenvalue weighted by Crippen LogP contribution is -2.28. The fraction of sp³-hybridized carbons (Fsp3) is 0.467. The molecular weight excluding hydrogens is 303 g/mol. The Labute approximate surface area is 136 Å². The summed E-state index contributed by atoms with van der Waals surface area (Å²) in [6.45, 7) is 7.51. The summed E-state index contributed by atoms with van der Waals surface area (Å²) in [5, 5.41) is 26.9. The molecule has 1 aromatic carbocycles. The van der Waals surface area contributed by atoms with Gasteiger partial charge in [-0.15, -0.1) is 0 Å². The molecule has 3 N–H and O–H groups in total. The molecule has 1 aliphatic heterocycles. The van der Waals surface area contributed by atoms with Gasteiger partial charge in [-0.2, -0.15) is 0 Å². The van der Waals surface area contributed by atoms with E-state index in [1.54, 1.807) is 6.07 Å². The van der Waals surface area contributed by atoms with Gasteiger partial charge in [0, 0.05) is 0 Å². The fourth-order valence-electron chi connectivity index (χ4n) is 1.91. The smallest absolute Gasteiger partial charge is 0.482 e. The van der Waals surface area contributed by atoms with Crippen molar-refractivity contribution in [3.63, 3.8) is 0 Å². The number of carboxylic acid groups (broad SMARTS) is 2. The molecule has 2 rings (SSSR count). The maximum absolute atomic E-state index is 10.7. The highest BCUT2D eigenvalue weighted by molar-refractivity contribution is 6.61. The van der Waals surface area contributed by atoms with Gasteiger partial charge in [0.05, 0.1) is 12.5 Å². The second-order valence-electron chi connectivity index (χ2n) is 4.05. The van der Waals surface area contributed by atoms with Crippen LogP contribution in [0.4, 0.5) is 0 Å². The van der Waals surface area contributed by atoms with Crippen molar-refractivity contribution in [3.8, 4) is 5.75 Å². The Morgan fingerprint density at radius 2 is 1.78 bits per heavy atom. The first kappa shape index (κ1) is 20.9. The van der Waals surface area contributed by atoms with Crippen molar-refractivity contribution in [1.82, 2.24) is 0 Å². The van der Waals surface area contributed by atoms with Crippen molar-refractivity contribution in [1.29, 1.82) is 0 Å².